The van der Waals surface area contributed by atoms with Gasteiger partial charge in [0.05, 0.1) is 19.8 Å². The topological polar surface area (TPSA) is 52.6 Å². The molecule has 1 rings (SSSR count). The summed E-state index contributed by atoms with van der Waals surface area (Å²) >= 11 is 0. The molecule has 0 aliphatic rings. The van der Waals surface area contributed by atoms with E-state index in [2.05, 4.69) is 0 Å². The molecule has 0 amide bonds. The molecule has 0 heterocycles. The number of carbonyl (C=O) groups excluding carboxylic acids is 2. The minimum Gasteiger partial charge on any atom is -0.496 e. The van der Waals surface area contributed by atoms with E-state index in [1.807, 2.05) is 19.9 Å². The van der Waals surface area contributed by atoms with Crippen molar-refractivity contribution in [3.8, 4) is 5.75 Å². The van der Waals surface area contributed by atoms with Gasteiger partial charge < -0.3 is 9.47 Å². The number of esters is 1. The maximum Gasteiger partial charge on any atom is 0.319 e. The van der Waals surface area contributed by atoms with Crippen LogP contribution in [-0.4, -0.2) is 26.0 Å². The molecule has 104 valence electrons. The average Bonchev–Trinajstić information content (AvgIpc) is 2.35. The second kappa shape index (κ2) is 5.43. The number of benzene rings is 1. The number of carbonyl (C=O) groups is 2. The van der Waals surface area contributed by atoms with E-state index in [4.69, 9.17) is 9.47 Å². The number of ether oxygens (including phenoxy) is 2. The molecule has 1 aromatic rings. The summed E-state index contributed by atoms with van der Waals surface area (Å²) in [6.07, 6.45) is 0. The fourth-order valence-electron chi connectivity index (χ4n) is 2.08. The predicted octanol–water partition coefficient (Wildman–Crippen LogP) is 2.69. The number of Topliss-reactive ketones (excluding diaryl/α,β-unsaturated/α-hetero) is 1. The van der Waals surface area contributed by atoms with Gasteiger partial charge in [-0.1, -0.05) is 6.07 Å². The Labute approximate surface area is 113 Å². The van der Waals surface area contributed by atoms with E-state index in [0.29, 0.717) is 11.3 Å². The predicted molar refractivity (Wildman–Crippen MR) is 72.6 cm³/mol. The van der Waals surface area contributed by atoms with Crippen molar-refractivity contribution in [3.05, 3.63) is 28.8 Å². The van der Waals surface area contributed by atoms with Crippen molar-refractivity contribution in [1.82, 2.24) is 0 Å². The Hall–Kier alpha value is -1.84. The van der Waals surface area contributed by atoms with Crippen LogP contribution in [0.2, 0.25) is 0 Å². The quantitative estimate of drug-likeness (QED) is 0.476. The zero-order chi connectivity index (χ0) is 14.8. The molecule has 0 radical (unpaired) electrons. The van der Waals surface area contributed by atoms with Crippen molar-refractivity contribution in [2.45, 2.75) is 27.7 Å². The maximum absolute atomic E-state index is 12.6. The smallest absolute Gasteiger partial charge is 0.319 e. The van der Waals surface area contributed by atoms with Crippen molar-refractivity contribution < 1.29 is 19.1 Å². The first kappa shape index (κ1) is 15.2. The largest absolute Gasteiger partial charge is 0.496 e. The summed E-state index contributed by atoms with van der Waals surface area (Å²) in [6.45, 7) is 6.87. The Kier molecular flexibility index (Phi) is 4.35. The van der Waals surface area contributed by atoms with Crippen molar-refractivity contribution in [2.75, 3.05) is 14.2 Å². The summed E-state index contributed by atoms with van der Waals surface area (Å²) in [6, 6.07) is 3.67. The molecule has 0 saturated heterocycles. The minimum absolute atomic E-state index is 0.303. The Bertz CT molecular complexity index is 515. The lowest BCUT2D eigenvalue weighted by Crippen LogP contribution is -2.34. The lowest BCUT2D eigenvalue weighted by atomic mass is 9.83. The van der Waals surface area contributed by atoms with Gasteiger partial charge in [0.1, 0.15) is 11.2 Å². The van der Waals surface area contributed by atoms with Crippen LogP contribution in [0.25, 0.3) is 0 Å². The van der Waals surface area contributed by atoms with Crippen molar-refractivity contribution in [2.24, 2.45) is 5.41 Å². The number of aryl methyl sites for hydroxylation is 2. The summed E-state index contributed by atoms with van der Waals surface area (Å²) in [4.78, 5) is 24.3. The van der Waals surface area contributed by atoms with Crippen LogP contribution in [0, 0.1) is 19.3 Å². The summed E-state index contributed by atoms with van der Waals surface area (Å²) in [5, 5.41) is 0. The first-order chi connectivity index (χ1) is 8.75. The number of methoxy groups -OCH3 is 2. The highest BCUT2D eigenvalue weighted by atomic mass is 16.5. The van der Waals surface area contributed by atoms with E-state index in [0.717, 1.165) is 11.1 Å². The Morgan fingerprint density at radius 3 is 2.16 bits per heavy atom. The molecular formula is C15H20O4. The van der Waals surface area contributed by atoms with Crippen LogP contribution in [0.4, 0.5) is 0 Å². The molecule has 0 N–H and O–H groups in total. The average molecular weight is 264 g/mol. The van der Waals surface area contributed by atoms with Gasteiger partial charge >= 0.3 is 5.97 Å². The van der Waals surface area contributed by atoms with Crippen LogP contribution in [0.5, 0.6) is 5.75 Å². The number of ketones is 1. The molecule has 4 heteroatoms. The van der Waals surface area contributed by atoms with Gasteiger partial charge in [-0.25, -0.2) is 0 Å². The fourth-order valence-corrected chi connectivity index (χ4v) is 2.08. The first-order valence-electron chi connectivity index (χ1n) is 6.04. The Morgan fingerprint density at radius 2 is 1.68 bits per heavy atom. The summed E-state index contributed by atoms with van der Waals surface area (Å²) in [5.74, 6) is -0.353. The van der Waals surface area contributed by atoms with Gasteiger partial charge in [0.25, 0.3) is 0 Å². The second-order valence-corrected chi connectivity index (χ2v) is 5.11. The van der Waals surface area contributed by atoms with Gasteiger partial charge in [0.15, 0.2) is 5.78 Å². The molecule has 0 aliphatic heterocycles. The molecule has 1 aromatic carbocycles. The third-order valence-corrected chi connectivity index (χ3v) is 3.13. The van der Waals surface area contributed by atoms with Crippen LogP contribution < -0.4 is 4.74 Å². The molecule has 0 saturated carbocycles. The third-order valence-electron chi connectivity index (χ3n) is 3.13. The van der Waals surface area contributed by atoms with E-state index in [1.165, 1.54) is 14.2 Å². The summed E-state index contributed by atoms with van der Waals surface area (Å²) in [7, 11) is 2.79. The molecule has 0 aliphatic carbocycles. The van der Waals surface area contributed by atoms with Crippen LogP contribution in [0.3, 0.4) is 0 Å². The molecule has 0 atom stereocenters. The van der Waals surface area contributed by atoms with Gasteiger partial charge in [0.2, 0.25) is 0 Å². The van der Waals surface area contributed by atoms with E-state index >= 15 is 0 Å². The maximum atomic E-state index is 12.6. The highest BCUT2D eigenvalue weighted by Crippen LogP contribution is 2.32. The molecule has 0 aromatic heterocycles. The molecular weight excluding hydrogens is 244 g/mol. The zero-order valence-electron chi connectivity index (χ0n) is 12.3. The van der Waals surface area contributed by atoms with Crippen molar-refractivity contribution in [3.63, 3.8) is 0 Å². The van der Waals surface area contributed by atoms with Gasteiger partial charge in [-0.3, -0.25) is 9.59 Å². The molecule has 4 nitrogen and oxygen atoms in total. The Morgan fingerprint density at radius 1 is 1.11 bits per heavy atom. The SMILES string of the molecule is COC(=O)C(C)(C)C(=O)c1cc(C)cc(C)c1OC. The lowest BCUT2D eigenvalue weighted by molar-refractivity contribution is -0.147. The monoisotopic (exact) mass is 264 g/mol. The van der Waals surface area contributed by atoms with E-state index in [9.17, 15) is 9.59 Å². The highest BCUT2D eigenvalue weighted by Gasteiger charge is 2.39. The molecule has 19 heavy (non-hydrogen) atoms. The molecule has 0 fully saturated rings. The van der Waals surface area contributed by atoms with E-state index in [-0.39, 0.29) is 5.78 Å². The van der Waals surface area contributed by atoms with E-state index < -0.39 is 11.4 Å². The first-order valence-corrected chi connectivity index (χ1v) is 6.04. The van der Waals surface area contributed by atoms with Crippen LogP contribution in [0.15, 0.2) is 12.1 Å². The zero-order valence-corrected chi connectivity index (χ0v) is 12.3. The number of rotatable bonds is 4. The summed E-state index contributed by atoms with van der Waals surface area (Å²) < 4.78 is 9.98. The van der Waals surface area contributed by atoms with Gasteiger partial charge in [-0.05, 0) is 44.9 Å². The minimum atomic E-state index is -1.23. The van der Waals surface area contributed by atoms with E-state index in [1.54, 1.807) is 19.9 Å². The molecule has 0 unspecified atom stereocenters. The van der Waals surface area contributed by atoms with Crippen molar-refractivity contribution >= 4 is 11.8 Å². The molecule has 0 bridgehead atoms. The normalized spacial score (nSPS) is 11.1. The van der Waals surface area contributed by atoms with Gasteiger partial charge in [0, 0.05) is 0 Å². The van der Waals surface area contributed by atoms with Crippen LogP contribution in [0.1, 0.15) is 35.3 Å². The van der Waals surface area contributed by atoms with Crippen LogP contribution >= 0.6 is 0 Å². The van der Waals surface area contributed by atoms with Crippen molar-refractivity contribution in [1.29, 1.82) is 0 Å². The number of hydrogen-bond acceptors (Lipinski definition) is 4. The highest BCUT2D eigenvalue weighted by molar-refractivity contribution is 6.13. The fraction of sp³-hybridized carbons (Fsp3) is 0.467. The second-order valence-electron chi connectivity index (χ2n) is 5.11. The Balaban J connectivity index is 3.38. The van der Waals surface area contributed by atoms with Gasteiger partial charge in [-0.2, -0.15) is 0 Å². The summed E-state index contributed by atoms with van der Waals surface area (Å²) in [5.41, 5.74) is 0.992. The van der Waals surface area contributed by atoms with Gasteiger partial charge in [-0.15, -0.1) is 0 Å². The lowest BCUT2D eigenvalue weighted by Gasteiger charge is -2.22. The standard InChI is InChI=1S/C15H20O4/c1-9-7-10(2)12(18-5)11(8-9)13(16)15(3,4)14(17)19-6/h7-8H,1-6H3. The van der Waals surface area contributed by atoms with Crippen LogP contribution in [-0.2, 0) is 9.53 Å². The molecule has 0 spiro atoms. The third kappa shape index (κ3) is 2.78. The number of hydrogen-bond donors (Lipinski definition) is 0.